The molecule has 0 unspecified atom stereocenters. The van der Waals surface area contributed by atoms with Gasteiger partial charge in [0.1, 0.15) is 5.75 Å². The van der Waals surface area contributed by atoms with Gasteiger partial charge in [0.25, 0.3) is 0 Å². The molecule has 23 heavy (non-hydrogen) atoms. The van der Waals surface area contributed by atoms with Crippen molar-refractivity contribution >= 4 is 17.5 Å². The predicted molar refractivity (Wildman–Crippen MR) is 86.6 cm³/mol. The van der Waals surface area contributed by atoms with E-state index in [9.17, 15) is 4.79 Å². The van der Waals surface area contributed by atoms with E-state index in [4.69, 9.17) is 25.8 Å². The van der Waals surface area contributed by atoms with Crippen LogP contribution in [0, 0.1) is 5.92 Å². The van der Waals surface area contributed by atoms with Gasteiger partial charge in [-0.05, 0) is 31.0 Å². The van der Waals surface area contributed by atoms with Gasteiger partial charge in [0.05, 0.1) is 26.2 Å². The second-order valence-electron chi connectivity index (χ2n) is 5.88. The molecular weight excluding hydrogens is 318 g/mol. The van der Waals surface area contributed by atoms with Crippen molar-refractivity contribution in [2.24, 2.45) is 5.92 Å². The van der Waals surface area contributed by atoms with Crippen LogP contribution in [0.2, 0.25) is 5.02 Å². The third kappa shape index (κ3) is 4.59. The maximum Gasteiger partial charge on any atom is 0.225 e. The Hall–Kier alpha value is -1.30. The predicted octanol–water partition coefficient (Wildman–Crippen LogP) is 2.72. The van der Waals surface area contributed by atoms with Crippen molar-refractivity contribution in [1.82, 2.24) is 4.90 Å². The van der Waals surface area contributed by atoms with Crippen molar-refractivity contribution in [3.05, 3.63) is 29.3 Å². The molecule has 0 radical (unpaired) electrons. The van der Waals surface area contributed by atoms with Crippen molar-refractivity contribution < 1.29 is 19.0 Å². The maximum atomic E-state index is 12.2. The molecule has 2 aliphatic heterocycles. The smallest absolute Gasteiger partial charge is 0.225 e. The van der Waals surface area contributed by atoms with Gasteiger partial charge in [0.2, 0.25) is 5.91 Å². The van der Waals surface area contributed by atoms with Crippen LogP contribution < -0.4 is 4.74 Å². The van der Waals surface area contributed by atoms with Crippen molar-refractivity contribution in [2.75, 3.05) is 32.9 Å². The number of carbonyl (C=O) groups excluding carboxylic acids is 1. The van der Waals surface area contributed by atoms with Gasteiger partial charge < -0.3 is 19.1 Å². The normalized spacial score (nSPS) is 20.0. The van der Waals surface area contributed by atoms with Gasteiger partial charge in [-0.1, -0.05) is 17.7 Å². The number of halogens is 1. The summed E-state index contributed by atoms with van der Waals surface area (Å²) in [5.41, 5.74) is 0. The van der Waals surface area contributed by atoms with Crippen LogP contribution in [-0.4, -0.2) is 50.0 Å². The van der Waals surface area contributed by atoms with Gasteiger partial charge >= 0.3 is 0 Å². The highest BCUT2D eigenvalue weighted by Gasteiger charge is 2.31. The Morgan fingerprint density at radius 2 is 2.00 bits per heavy atom. The van der Waals surface area contributed by atoms with E-state index in [1.54, 1.807) is 12.1 Å². The molecule has 2 aliphatic rings. The minimum atomic E-state index is -0.0709. The van der Waals surface area contributed by atoms with Crippen molar-refractivity contribution in [1.29, 1.82) is 0 Å². The Balaban J connectivity index is 1.37. The number of carbonyl (C=O) groups is 1. The van der Waals surface area contributed by atoms with Crippen LogP contribution in [0.1, 0.15) is 19.3 Å². The van der Waals surface area contributed by atoms with Gasteiger partial charge in [-0.3, -0.25) is 4.79 Å². The van der Waals surface area contributed by atoms with Crippen LogP contribution in [0.5, 0.6) is 5.75 Å². The van der Waals surface area contributed by atoms with Crippen LogP contribution in [-0.2, 0) is 14.3 Å². The van der Waals surface area contributed by atoms with Crippen molar-refractivity contribution in [3.8, 4) is 5.75 Å². The fourth-order valence-corrected chi connectivity index (χ4v) is 3.22. The molecule has 0 bridgehead atoms. The minimum Gasteiger partial charge on any atom is -0.493 e. The molecule has 2 heterocycles. The molecule has 6 heteroatoms. The number of benzene rings is 1. The first kappa shape index (κ1) is 16.6. The summed E-state index contributed by atoms with van der Waals surface area (Å²) >= 11 is 5.90. The number of piperidine rings is 1. The molecule has 0 saturated carbocycles. The third-order valence-corrected chi connectivity index (χ3v) is 4.54. The zero-order chi connectivity index (χ0) is 16.1. The molecule has 1 amide bonds. The number of likely N-dealkylation sites (tertiary alicyclic amines) is 1. The van der Waals surface area contributed by atoms with E-state index >= 15 is 0 Å². The Bertz CT molecular complexity index is 525. The molecule has 1 aromatic carbocycles. The molecule has 0 N–H and O–H groups in total. The molecule has 0 aromatic heterocycles. The maximum absolute atomic E-state index is 12.2. The van der Waals surface area contributed by atoms with E-state index in [-0.39, 0.29) is 12.2 Å². The summed E-state index contributed by atoms with van der Waals surface area (Å²) in [5.74, 6) is 1.24. The highest BCUT2D eigenvalue weighted by molar-refractivity contribution is 6.30. The summed E-state index contributed by atoms with van der Waals surface area (Å²) in [5, 5.41) is 0.632. The van der Waals surface area contributed by atoms with E-state index in [2.05, 4.69) is 0 Å². The van der Waals surface area contributed by atoms with Crippen LogP contribution in [0.3, 0.4) is 0 Å². The number of ether oxygens (including phenoxy) is 3. The highest BCUT2D eigenvalue weighted by atomic mass is 35.5. The molecule has 126 valence electrons. The number of rotatable bonds is 5. The Morgan fingerprint density at radius 1 is 1.26 bits per heavy atom. The molecule has 1 aromatic rings. The highest BCUT2D eigenvalue weighted by Crippen LogP contribution is 2.26. The Morgan fingerprint density at radius 3 is 2.70 bits per heavy atom. The van der Waals surface area contributed by atoms with Crippen LogP contribution >= 0.6 is 11.6 Å². The first-order valence-electron chi connectivity index (χ1n) is 8.12. The first-order valence-corrected chi connectivity index (χ1v) is 8.49. The zero-order valence-corrected chi connectivity index (χ0v) is 13.8. The van der Waals surface area contributed by atoms with Crippen LogP contribution in [0.4, 0.5) is 0 Å². The number of amides is 1. The lowest BCUT2D eigenvalue weighted by molar-refractivity contribution is -0.137. The van der Waals surface area contributed by atoms with E-state index < -0.39 is 0 Å². The van der Waals surface area contributed by atoms with Crippen LogP contribution in [0.15, 0.2) is 24.3 Å². The summed E-state index contributed by atoms with van der Waals surface area (Å²) in [4.78, 5) is 14.2. The Labute approximate surface area is 141 Å². The summed E-state index contributed by atoms with van der Waals surface area (Å²) in [7, 11) is 0. The lowest BCUT2D eigenvalue weighted by Crippen LogP contribution is -2.41. The molecule has 3 rings (SSSR count). The van der Waals surface area contributed by atoms with Crippen LogP contribution in [0.25, 0.3) is 0 Å². The molecule has 0 atom stereocenters. The fraction of sp³-hybridized carbons (Fsp3) is 0.588. The lowest BCUT2D eigenvalue weighted by Gasteiger charge is -2.33. The monoisotopic (exact) mass is 339 g/mol. The fourth-order valence-electron chi connectivity index (χ4n) is 3.04. The molecule has 5 nitrogen and oxygen atoms in total. The SMILES string of the molecule is O=C(CCOc1cccc(Cl)c1)N1CCC(C2OCCO2)CC1. The third-order valence-electron chi connectivity index (χ3n) is 4.31. The zero-order valence-electron chi connectivity index (χ0n) is 13.1. The average Bonchev–Trinajstić information content (AvgIpc) is 3.09. The van der Waals surface area contributed by atoms with Crippen molar-refractivity contribution in [3.63, 3.8) is 0 Å². The second kappa shape index (κ2) is 7.99. The van der Waals surface area contributed by atoms with Gasteiger partial charge in [-0.2, -0.15) is 0 Å². The summed E-state index contributed by atoms with van der Waals surface area (Å²) in [6.45, 7) is 3.27. The summed E-state index contributed by atoms with van der Waals surface area (Å²) in [6.07, 6.45) is 2.18. The number of hydrogen-bond acceptors (Lipinski definition) is 4. The van der Waals surface area contributed by atoms with Gasteiger partial charge in [-0.25, -0.2) is 0 Å². The molecule has 2 fully saturated rings. The average molecular weight is 340 g/mol. The van der Waals surface area contributed by atoms with E-state index in [1.807, 2.05) is 17.0 Å². The molecule has 0 aliphatic carbocycles. The largest absolute Gasteiger partial charge is 0.493 e. The lowest BCUT2D eigenvalue weighted by atomic mass is 9.96. The topological polar surface area (TPSA) is 48.0 Å². The van der Waals surface area contributed by atoms with E-state index in [1.165, 1.54) is 0 Å². The molecular formula is C17H22ClNO4. The Kier molecular flexibility index (Phi) is 5.75. The van der Waals surface area contributed by atoms with E-state index in [0.29, 0.717) is 42.9 Å². The first-order chi connectivity index (χ1) is 11.2. The quantitative estimate of drug-likeness (QED) is 0.827. The van der Waals surface area contributed by atoms with Gasteiger partial charge in [-0.15, -0.1) is 0 Å². The van der Waals surface area contributed by atoms with E-state index in [0.717, 1.165) is 25.9 Å². The summed E-state index contributed by atoms with van der Waals surface area (Å²) < 4.78 is 16.7. The number of hydrogen-bond donors (Lipinski definition) is 0. The van der Waals surface area contributed by atoms with Gasteiger partial charge in [0.15, 0.2) is 6.29 Å². The van der Waals surface area contributed by atoms with Gasteiger partial charge in [0, 0.05) is 24.0 Å². The molecule has 0 spiro atoms. The standard InChI is InChI=1S/C17H22ClNO4/c18-14-2-1-3-15(12-14)21-9-6-16(20)19-7-4-13(5-8-19)17-22-10-11-23-17/h1-3,12-13,17H,4-11H2. The number of nitrogens with zero attached hydrogens (tertiary/aromatic N) is 1. The second-order valence-corrected chi connectivity index (χ2v) is 6.32. The minimum absolute atomic E-state index is 0.0709. The van der Waals surface area contributed by atoms with Crippen molar-refractivity contribution in [2.45, 2.75) is 25.6 Å². The molecule has 2 saturated heterocycles. The summed E-state index contributed by atoms with van der Waals surface area (Å²) in [6, 6.07) is 7.21.